The molecule has 2 aliphatic carbocycles. The normalized spacial score (nSPS) is 14.4. The minimum Gasteiger partial charge on any atom is -0.455 e. The Morgan fingerprint density at radius 3 is 1.33 bits per heavy atom. The van der Waals surface area contributed by atoms with E-state index in [1.807, 2.05) is 0 Å². The standard InChI is InChI=1S/C70H54O2/c1-69(2)57-39-43(33-36-51(57)63-59(69)41-55(46-22-10-6-11-23-46)67-65(63)53-28-16-18-30-61(53)71-67)32-35-48(50-27-15-14-26-49(50)45-20-8-5-9-21-45)38-44-34-37-52-58(40-44)70(3,4)60-42-56(47-24-12-7-13-25-47)68-66(64(52)60)54-29-17-19-31-62(54)72-68/h5-31,33-34,36-37,39-42,48H,32,35,38H2,1-4H3/t48-/m0/s1. The van der Waals surface area contributed by atoms with Crippen molar-refractivity contribution in [2.45, 2.75) is 63.7 Å². The molecular weight excluding hydrogens is 873 g/mol. The largest absolute Gasteiger partial charge is 0.455 e. The van der Waals surface area contributed by atoms with Crippen LogP contribution in [0, 0.1) is 0 Å². The summed E-state index contributed by atoms with van der Waals surface area (Å²) >= 11 is 0. The lowest BCUT2D eigenvalue weighted by Crippen LogP contribution is -2.16. The zero-order valence-electron chi connectivity index (χ0n) is 41.2. The lowest BCUT2D eigenvalue weighted by molar-refractivity contribution is 0.616. The molecule has 10 aromatic carbocycles. The average Bonchev–Trinajstić information content (AvgIpc) is 4.13. The minimum atomic E-state index is -0.223. The fourth-order valence-corrected chi connectivity index (χ4v) is 13.0. The second-order valence-electron chi connectivity index (χ2n) is 21.4. The molecule has 0 radical (unpaired) electrons. The van der Waals surface area contributed by atoms with Crippen LogP contribution >= 0.6 is 0 Å². The Morgan fingerprint density at radius 1 is 0.375 bits per heavy atom. The molecule has 0 amide bonds. The number of fused-ring (bicyclic) bond motifs is 14. The molecule has 2 aliphatic rings. The maximum Gasteiger partial charge on any atom is 0.143 e. The first kappa shape index (κ1) is 42.7. The van der Waals surface area contributed by atoms with E-state index in [4.69, 9.17) is 8.83 Å². The van der Waals surface area contributed by atoms with Gasteiger partial charge in [-0.2, -0.15) is 0 Å². The van der Waals surface area contributed by atoms with Crippen molar-refractivity contribution in [2.24, 2.45) is 0 Å². The van der Waals surface area contributed by atoms with Crippen molar-refractivity contribution >= 4 is 43.9 Å². The number of para-hydroxylation sites is 2. The molecule has 2 heteroatoms. The van der Waals surface area contributed by atoms with Gasteiger partial charge < -0.3 is 8.83 Å². The molecule has 0 saturated heterocycles. The molecule has 72 heavy (non-hydrogen) atoms. The topological polar surface area (TPSA) is 26.3 Å². The van der Waals surface area contributed by atoms with Crippen LogP contribution in [0.3, 0.4) is 0 Å². The summed E-state index contributed by atoms with van der Waals surface area (Å²) in [7, 11) is 0. The highest BCUT2D eigenvalue weighted by molar-refractivity contribution is 6.20. The van der Waals surface area contributed by atoms with Gasteiger partial charge in [0, 0.05) is 43.5 Å². The van der Waals surface area contributed by atoms with Crippen LogP contribution in [-0.4, -0.2) is 0 Å². The maximum atomic E-state index is 6.78. The predicted octanol–water partition coefficient (Wildman–Crippen LogP) is 19.1. The van der Waals surface area contributed by atoms with Crippen molar-refractivity contribution in [1.29, 1.82) is 0 Å². The molecule has 2 aromatic heterocycles. The van der Waals surface area contributed by atoms with E-state index < -0.39 is 0 Å². The van der Waals surface area contributed by atoms with Gasteiger partial charge in [0.1, 0.15) is 22.3 Å². The van der Waals surface area contributed by atoms with Crippen molar-refractivity contribution in [3.05, 3.63) is 251 Å². The van der Waals surface area contributed by atoms with E-state index in [1.54, 1.807) is 0 Å². The Morgan fingerprint density at radius 2 is 0.806 bits per heavy atom. The van der Waals surface area contributed by atoms with Crippen molar-refractivity contribution in [1.82, 2.24) is 0 Å². The predicted molar refractivity (Wildman–Crippen MR) is 300 cm³/mol. The van der Waals surface area contributed by atoms with Gasteiger partial charge in [-0.1, -0.05) is 216 Å². The smallest absolute Gasteiger partial charge is 0.143 e. The molecule has 0 spiro atoms. The van der Waals surface area contributed by atoms with Gasteiger partial charge in [-0.3, -0.25) is 0 Å². The zero-order chi connectivity index (χ0) is 48.3. The highest BCUT2D eigenvalue weighted by Gasteiger charge is 2.41. The summed E-state index contributed by atoms with van der Waals surface area (Å²) in [5.41, 5.74) is 25.5. The van der Waals surface area contributed by atoms with Crippen LogP contribution in [0.1, 0.15) is 79.0 Å². The fourth-order valence-electron chi connectivity index (χ4n) is 13.0. The van der Waals surface area contributed by atoms with Crippen LogP contribution in [0.25, 0.3) is 99.5 Å². The van der Waals surface area contributed by atoms with Crippen LogP contribution in [0.5, 0.6) is 0 Å². The molecule has 14 rings (SSSR count). The second kappa shape index (κ2) is 16.2. The Balaban J connectivity index is 0.859. The summed E-state index contributed by atoms with van der Waals surface area (Å²) in [6, 6.07) is 78.3. The van der Waals surface area contributed by atoms with Gasteiger partial charge in [-0.05, 0) is 133 Å². The SMILES string of the molecule is CC1(C)c2cc(CC[C@@H](Cc3ccc4c(c3)C(C)(C)c3cc(-c5ccccc5)c5oc6ccccc6c5c3-4)c3ccccc3-c3ccccc3)ccc2-c2c1cc(-c1ccccc1)c1oc3ccccc3c21. The zero-order valence-corrected chi connectivity index (χ0v) is 41.2. The number of rotatable bonds is 9. The van der Waals surface area contributed by atoms with E-state index in [1.165, 1.54) is 105 Å². The first-order valence-corrected chi connectivity index (χ1v) is 25.7. The van der Waals surface area contributed by atoms with Crippen molar-refractivity contribution < 1.29 is 8.83 Å². The molecule has 2 nitrogen and oxygen atoms in total. The van der Waals surface area contributed by atoms with Crippen LogP contribution in [0.2, 0.25) is 0 Å². The molecule has 2 heterocycles. The van der Waals surface area contributed by atoms with Gasteiger partial charge >= 0.3 is 0 Å². The number of furan rings is 2. The van der Waals surface area contributed by atoms with Crippen LogP contribution in [-0.2, 0) is 23.7 Å². The maximum absolute atomic E-state index is 6.78. The number of benzene rings is 10. The quantitative estimate of drug-likeness (QED) is 0.144. The summed E-state index contributed by atoms with van der Waals surface area (Å²) in [4.78, 5) is 0. The van der Waals surface area contributed by atoms with E-state index >= 15 is 0 Å². The molecule has 0 bridgehead atoms. The molecule has 12 aromatic rings. The Kier molecular flexibility index (Phi) is 9.58. The number of hydrogen-bond acceptors (Lipinski definition) is 2. The lowest BCUT2D eigenvalue weighted by atomic mass is 9.79. The van der Waals surface area contributed by atoms with Gasteiger partial charge in [0.05, 0.1) is 0 Å². The average molecular weight is 927 g/mol. The molecule has 0 aliphatic heterocycles. The highest BCUT2D eigenvalue weighted by Crippen LogP contribution is 2.57. The summed E-state index contributed by atoms with van der Waals surface area (Å²) in [6.07, 6.45) is 2.90. The molecule has 0 fully saturated rings. The van der Waals surface area contributed by atoms with Crippen molar-refractivity contribution in [2.75, 3.05) is 0 Å². The Labute approximate surface area is 421 Å². The van der Waals surface area contributed by atoms with E-state index in [9.17, 15) is 0 Å². The lowest BCUT2D eigenvalue weighted by Gasteiger charge is -2.25. The molecule has 0 unspecified atom stereocenters. The van der Waals surface area contributed by atoms with E-state index in [0.29, 0.717) is 0 Å². The fraction of sp³-hybridized carbons (Fsp3) is 0.143. The summed E-state index contributed by atoms with van der Waals surface area (Å²) in [5, 5.41) is 4.79. The van der Waals surface area contributed by atoms with Gasteiger partial charge in [-0.15, -0.1) is 0 Å². The van der Waals surface area contributed by atoms with Crippen molar-refractivity contribution in [3.63, 3.8) is 0 Å². The Hall–Kier alpha value is -8.20. The molecule has 0 N–H and O–H groups in total. The van der Waals surface area contributed by atoms with Gasteiger partial charge in [-0.25, -0.2) is 0 Å². The van der Waals surface area contributed by atoms with Gasteiger partial charge in [0.15, 0.2) is 0 Å². The third kappa shape index (κ3) is 6.48. The second-order valence-corrected chi connectivity index (χ2v) is 21.4. The molecular formula is C70H54O2. The summed E-state index contributed by atoms with van der Waals surface area (Å²) < 4.78 is 13.5. The monoisotopic (exact) mass is 926 g/mol. The molecule has 346 valence electrons. The first-order chi connectivity index (χ1) is 35.2. The van der Waals surface area contributed by atoms with Crippen LogP contribution in [0.4, 0.5) is 0 Å². The first-order valence-electron chi connectivity index (χ1n) is 25.7. The van der Waals surface area contributed by atoms with Crippen LogP contribution < -0.4 is 0 Å². The van der Waals surface area contributed by atoms with E-state index in [0.717, 1.165) is 52.7 Å². The van der Waals surface area contributed by atoms with Gasteiger partial charge in [0.2, 0.25) is 0 Å². The third-order valence-corrected chi connectivity index (χ3v) is 16.6. The van der Waals surface area contributed by atoms with E-state index in [-0.39, 0.29) is 16.7 Å². The third-order valence-electron chi connectivity index (χ3n) is 16.6. The summed E-state index contributed by atoms with van der Waals surface area (Å²) in [6.45, 7) is 9.67. The highest BCUT2D eigenvalue weighted by atomic mass is 16.3. The Bertz CT molecular complexity index is 4110. The van der Waals surface area contributed by atoms with E-state index in [2.05, 4.69) is 240 Å². The number of hydrogen-bond donors (Lipinski definition) is 0. The summed E-state index contributed by atoms with van der Waals surface area (Å²) in [5.74, 6) is 0.268. The minimum absolute atomic E-state index is 0.207. The number of aryl methyl sites for hydroxylation is 1. The van der Waals surface area contributed by atoms with Crippen LogP contribution in [0.15, 0.2) is 221 Å². The molecule has 1 atom stereocenters. The molecule has 0 saturated carbocycles. The van der Waals surface area contributed by atoms with Crippen molar-refractivity contribution in [3.8, 4) is 55.6 Å². The van der Waals surface area contributed by atoms with Gasteiger partial charge in [0.25, 0.3) is 0 Å².